The van der Waals surface area contributed by atoms with Gasteiger partial charge in [-0.05, 0) is 57.3 Å². The molecule has 2 aromatic heterocycles. The largest absolute Gasteiger partial charge is 0.468 e. The van der Waals surface area contributed by atoms with Gasteiger partial charge in [0.25, 0.3) is 0 Å². The van der Waals surface area contributed by atoms with E-state index in [0.717, 1.165) is 16.6 Å². The molecule has 2 heterocycles. The lowest BCUT2D eigenvalue weighted by Crippen LogP contribution is -2.35. The van der Waals surface area contributed by atoms with Crippen molar-refractivity contribution in [2.75, 3.05) is 26.4 Å². The van der Waals surface area contributed by atoms with Crippen molar-refractivity contribution >= 4 is 17.7 Å². The third kappa shape index (κ3) is 4.85. The molecule has 0 aliphatic carbocycles. The summed E-state index contributed by atoms with van der Waals surface area (Å²) in [4.78, 5) is 18.8. The highest BCUT2D eigenvalue weighted by Crippen LogP contribution is 2.23. The lowest BCUT2D eigenvalue weighted by Gasteiger charge is -2.22. The first kappa shape index (κ1) is 20.2. The van der Waals surface area contributed by atoms with Crippen molar-refractivity contribution in [1.29, 1.82) is 0 Å². The van der Waals surface area contributed by atoms with Crippen LogP contribution in [0, 0.1) is 13.8 Å². The van der Waals surface area contributed by atoms with Gasteiger partial charge in [0.05, 0.1) is 23.7 Å². The molecule has 0 spiro atoms. The Morgan fingerprint density at radius 2 is 2.14 bits per heavy atom. The smallest absolute Gasteiger partial charge is 0.230 e. The van der Waals surface area contributed by atoms with Crippen molar-refractivity contribution in [2.45, 2.75) is 25.0 Å². The molecule has 6 nitrogen and oxygen atoms in total. The molecule has 1 N–H and O–H groups in total. The van der Waals surface area contributed by atoms with Gasteiger partial charge in [-0.2, -0.15) is 0 Å². The third-order valence-corrected chi connectivity index (χ3v) is 5.52. The third-order valence-electron chi connectivity index (χ3n) is 4.55. The van der Waals surface area contributed by atoms with Gasteiger partial charge in [0, 0.05) is 18.9 Å². The van der Waals surface area contributed by atoms with Crippen LogP contribution in [0.3, 0.4) is 0 Å². The SMILES string of the molecule is Cc1ccc(C)c(-n2ccnc2SCC(=O)NCC(c2ccco2)N(C)C)c1. The predicted molar refractivity (Wildman–Crippen MR) is 112 cm³/mol. The van der Waals surface area contributed by atoms with Crippen LogP contribution in [0.25, 0.3) is 5.69 Å². The van der Waals surface area contributed by atoms with E-state index in [2.05, 4.69) is 42.3 Å². The number of likely N-dealkylation sites (N-methyl/N-ethyl adjacent to an activating group) is 1. The van der Waals surface area contributed by atoms with E-state index in [-0.39, 0.29) is 11.9 Å². The van der Waals surface area contributed by atoms with E-state index in [4.69, 9.17) is 4.42 Å². The highest BCUT2D eigenvalue weighted by Gasteiger charge is 2.18. The number of nitrogens with one attached hydrogen (secondary N) is 1. The van der Waals surface area contributed by atoms with Crippen LogP contribution in [0.15, 0.2) is 58.6 Å². The Morgan fingerprint density at radius 3 is 2.86 bits per heavy atom. The molecular formula is C21H26N4O2S. The maximum absolute atomic E-state index is 12.4. The Kier molecular flexibility index (Phi) is 6.59. The molecule has 148 valence electrons. The molecule has 1 amide bonds. The van der Waals surface area contributed by atoms with E-state index >= 15 is 0 Å². The van der Waals surface area contributed by atoms with Crippen LogP contribution in [0.2, 0.25) is 0 Å². The van der Waals surface area contributed by atoms with Gasteiger partial charge in [0.15, 0.2) is 5.16 Å². The maximum Gasteiger partial charge on any atom is 0.230 e. The number of hydrogen-bond donors (Lipinski definition) is 1. The number of nitrogens with zero attached hydrogens (tertiary/aromatic N) is 3. The summed E-state index contributed by atoms with van der Waals surface area (Å²) in [5.41, 5.74) is 3.45. The monoisotopic (exact) mass is 398 g/mol. The number of benzene rings is 1. The van der Waals surface area contributed by atoms with Gasteiger partial charge >= 0.3 is 0 Å². The number of imidazole rings is 1. The zero-order valence-electron chi connectivity index (χ0n) is 16.7. The summed E-state index contributed by atoms with van der Waals surface area (Å²) in [5.74, 6) is 1.11. The topological polar surface area (TPSA) is 63.3 Å². The second kappa shape index (κ2) is 9.12. The zero-order chi connectivity index (χ0) is 20.1. The molecule has 0 radical (unpaired) electrons. The molecule has 0 aliphatic rings. The van der Waals surface area contributed by atoms with Crippen LogP contribution >= 0.6 is 11.8 Å². The first-order valence-electron chi connectivity index (χ1n) is 9.16. The van der Waals surface area contributed by atoms with Gasteiger partial charge in [-0.15, -0.1) is 0 Å². The number of carbonyl (C=O) groups is 1. The molecule has 0 saturated heterocycles. The van der Waals surface area contributed by atoms with E-state index < -0.39 is 0 Å². The van der Waals surface area contributed by atoms with Gasteiger partial charge in [-0.25, -0.2) is 4.98 Å². The lowest BCUT2D eigenvalue weighted by atomic mass is 10.1. The highest BCUT2D eigenvalue weighted by atomic mass is 32.2. The van der Waals surface area contributed by atoms with E-state index in [1.54, 1.807) is 12.5 Å². The Balaban J connectivity index is 1.60. The minimum Gasteiger partial charge on any atom is -0.468 e. The standard InChI is InChI=1S/C21H26N4O2S/c1-15-7-8-16(2)17(12-15)25-10-9-22-21(25)28-14-20(26)23-13-18(24(3)4)19-6-5-11-27-19/h5-12,18H,13-14H2,1-4H3,(H,23,26). The molecule has 3 aromatic rings. The van der Waals surface area contributed by atoms with Gasteiger partial charge < -0.3 is 9.73 Å². The predicted octanol–water partition coefficient (Wildman–Crippen LogP) is 3.59. The fourth-order valence-corrected chi connectivity index (χ4v) is 3.76. The molecule has 0 saturated carbocycles. The zero-order valence-corrected chi connectivity index (χ0v) is 17.5. The Morgan fingerprint density at radius 1 is 1.32 bits per heavy atom. The quantitative estimate of drug-likeness (QED) is 0.588. The maximum atomic E-state index is 12.4. The molecule has 3 rings (SSSR count). The van der Waals surface area contributed by atoms with Gasteiger partial charge in [0.2, 0.25) is 5.91 Å². The van der Waals surface area contributed by atoms with Crippen LogP contribution in [-0.2, 0) is 4.79 Å². The Bertz CT molecular complexity index is 918. The molecule has 1 atom stereocenters. The molecule has 7 heteroatoms. The average molecular weight is 399 g/mol. The van der Waals surface area contributed by atoms with Crippen molar-refractivity contribution in [1.82, 2.24) is 19.8 Å². The summed E-state index contributed by atoms with van der Waals surface area (Å²) in [5, 5.41) is 3.80. The summed E-state index contributed by atoms with van der Waals surface area (Å²) >= 11 is 1.43. The second-order valence-corrected chi connectivity index (χ2v) is 7.90. The molecule has 1 unspecified atom stereocenters. The van der Waals surface area contributed by atoms with Crippen LogP contribution in [0.5, 0.6) is 0 Å². The number of amides is 1. The minimum absolute atomic E-state index is 0.000815. The normalized spacial score (nSPS) is 12.3. The summed E-state index contributed by atoms with van der Waals surface area (Å²) in [6, 6.07) is 10.1. The van der Waals surface area contributed by atoms with E-state index in [0.29, 0.717) is 12.3 Å². The van der Waals surface area contributed by atoms with Crippen LogP contribution in [-0.4, -0.2) is 46.8 Å². The molecule has 28 heavy (non-hydrogen) atoms. The van der Waals surface area contributed by atoms with Gasteiger partial charge in [-0.3, -0.25) is 14.3 Å². The summed E-state index contributed by atoms with van der Waals surface area (Å²) < 4.78 is 7.52. The van der Waals surface area contributed by atoms with Crippen molar-refractivity contribution in [3.05, 3.63) is 65.9 Å². The lowest BCUT2D eigenvalue weighted by molar-refractivity contribution is -0.118. The van der Waals surface area contributed by atoms with Crippen molar-refractivity contribution in [2.24, 2.45) is 0 Å². The molecule has 1 aromatic carbocycles. The first-order chi connectivity index (χ1) is 13.5. The number of aryl methyl sites for hydroxylation is 2. The van der Waals surface area contributed by atoms with Gasteiger partial charge in [0.1, 0.15) is 5.76 Å². The first-order valence-corrected chi connectivity index (χ1v) is 10.1. The Hall–Kier alpha value is -2.51. The molecule has 0 fully saturated rings. The van der Waals surface area contributed by atoms with Crippen LogP contribution in [0.1, 0.15) is 22.9 Å². The van der Waals surface area contributed by atoms with E-state index in [1.165, 1.54) is 22.9 Å². The van der Waals surface area contributed by atoms with Crippen molar-refractivity contribution in [3.8, 4) is 5.69 Å². The number of furan rings is 1. The summed E-state index contributed by atoms with van der Waals surface area (Å²) in [6.07, 6.45) is 5.35. The number of rotatable bonds is 8. The van der Waals surface area contributed by atoms with Crippen molar-refractivity contribution in [3.63, 3.8) is 0 Å². The van der Waals surface area contributed by atoms with Crippen LogP contribution in [0.4, 0.5) is 0 Å². The molecule has 0 bridgehead atoms. The number of carbonyl (C=O) groups excluding carboxylic acids is 1. The van der Waals surface area contributed by atoms with Gasteiger partial charge in [-0.1, -0.05) is 23.9 Å². The van der Waals surface area contributed by atoms with E-state index in [9.17, 15) is 4.79 Å². The van der Waals surface area contributed by atoms with E-state index in [1.807, 2.05) is 41.9 Å². The minimum atomic E-state index is -0.0288. The molecular weight excluding hydrogens is 372 g/mol. The second-order valence-electron chi connectivity index (χ2n) is 6.96. The average Bonchev–Trinajstić information content (AvgIpc) is 3.34. The van der Waals surface area contributed by atoms with Crippen molar-refractivity contribution < 1.29 is 9.21 Å². The summed E-state index contributed by atoms with van der Waals surface area (Å²) in [6.45, 7) is 4.64. The molecule has 0 aliphatic heterocycles. The Labute approximate surface area is 169 Å². The number of aromatic nitrogens is 2. The summed E-state index contributed by atoms with van der Waals surface area (Å²) in [7, 11) is 3.93. The number of hydrogen-bond acceptors (Lipinski definition) is 5. The highest BCUT2D eigenvalue weighted by molar-refractivity contribution is 7.99. The number of thioether (sulfide) groups is 1. The fraction of sp³-hybridized carbons (Fsp3) is 0.333. The van der Waals surface area contributed by atoms with Crippen LogP contribution < -0.4 is 5.32 Å². The fourth-order valence-electron chi connectivity index (χ4n) is 2.97.